The number of aryl methyl sites for hydroxylation is 1. The molecule has 11 heteroatoms. The van der Waals surface area contributed by atoms with Gasteiger partial charge in [-0.3, -0.25) is 14.2 Å². The molecule has 41 heavy (non-hydrogen) atoms. The molecule has 1 fully saturated rings. The van der Waals surface area contributed by atoms with Crippen molar-refractivity contribution in [1.29, 1.82) is 0 Å². The topological polar surface area (TPSA) is 143 Å². The first-order valence-electron chi connectivity index (χ1n) is 14.0. The summed E-state index contributed by atoms with van der Waals surface area (Å²) < 4.78 is 13.3. The van der Waals surface area contributed by atoms with E-state index in [9.17, 15) is 24.3 Å². The summed E-state index contributed by atoms with van der Waals surface area (Å²) in [6.07, 6.45) is 3.57. The van der Waals surface area contributed by atoms with E-state index in [0.29, 0.717) is 28.5 Å². The maximum absolute atomic E-state index is 14.2. The molecule has 0 spiro atoms. The van der Waals surface area contributed by atoms with E-state index >= 15 is 0 Å². The van der Waals surface area contributed by atoms with Crippen molar-refractivity contribution in [2.75, 3.05) is 13.7 Å². The lowest BCUT2D eigenvalue weighted by atomic mass is 9.79. The van der Waals surface area contributed by atoms with Crippen LogP contribution in [0.5, 0.6) is 5.75 Å². The van der Waals surface area contributed by atoms with Crippen LogP contribution in [0, 0.1) is 12.8 Å². The number of rotatable bonds is 10. The first kappa shape index (κ1) is 30.5. The standard InChI is InChI=1S/C30H39N3O7S/c1-6-40-27(36)24-17(2)23-25(35)33(30(3,4)28(31)37)29(38)32(26(23)41-24)16-19(15-18-11-13-20(34)14-12-18)21-9-7-8-10-22(21)39-5/h7-10,18-20,34H,6,11-16H2,1-5H3,(H2,31,37)/t18?,19-,20?/m0/s1. The molecule has 222 valence electrons. The Morgan fingerprint density at radius 3 is 2.44 bits per heavy atom. The minimum atomic E-state index is -1.62. The number of primary amides is 1. The highest BCUT2D eigenvalue weighted by Gasteiger charge is 2.35. The minimum absolute atomic E-state index is 0.157. The third-order valence-corrected chi connectivity index (χ3v) is 9.55. The molecule has 2 heterocycles. The van der Waals surface area contributed by atoms with E-state index in [1.807, 2.05) is 24.3 Å². The summed E-state index contributed by atoms with van der Waals surface area (Å²) >= 11 is 1.04. The Hall–Kier alpha value is -3.44. The number of fused-ring (bicyclic) bond motifs is 1. The van der Waals surface area contributed by atoms with Gasteiger partial charge in [-0.15, -0.1) is 11.3 Å². The zero-order chi connectivity index (χ0) is 30.1. The lowest BCUT2D eigenvalue weighted by Gasteiger charge is -2.30. The highest BCUT2D eigenvalue weighted by atomic mass is 32.1. The van der Waals surface area contributed by atoms with Crippen LogP contribution in [0.4, 0.5) is 0 Å². The molecule has 1 amide bonds. The van der Waals surface area contributed by atoms with Gasteiger partial charge in [-0.25, -0.2) is 14.2 Å². The SMILES string of the molecule is CCOC(=O)c1sc2c(c1C)c(=O)n(C(C)(C)C(N)=O)c(=O)n2C[C@H](CC1CCC(O)CC1)c1ccccc1OC. The van der Waals surface area contributed by atoms with Crippen molar-refractivity contribution in [3.8, 4) is 5.75 Å². The molecule has 0 bridgehead atoms. The number of amides is 1. The predicted molar refractivity (Wildman–Crippen MR) is 158 cm³/mol. The summed E-state index contributed by atoms with van der Waals surface area (Å²) in [5.74, 6) is -0.621. The van der Waals surface area contributed by atoms with Gasteiger partial charge in [-0.2, -0.15) is 0 Å². The number of aliphatic hydroxyl groups excluding tert-OH is 1. The first-order chi connectivity index (χ1) is 19.4. The van der Waals surface area contributed by atoms with Gasteiger partial charge in [-0.1, -0.05) is 18.2 Å². The van der Waals surface area contributed by atoms with Gasteiger partial charge < -0.3 is 20.3 Å². The Morgan fingerprint density at radius 1 is 1.17 bits per heavy atom. The summed E-state index contributed by atoms with van der Waals surface area (Å²) in [7, 11) is 1.60. The maximum atomic E-state index is 14.2. The van der Waals surface area contributed by atoms with Crippen LogP contribution in [0.25, 0.3) is 10.2 Å². The maximum Gasteiger partial charge on any atom is 0.348 e. The molecular formula is C30H39N3O7S. The Morgan fingerprint density at radius 2 is 1.83 bits per heavy atom. The van der Waals surface area contributed by atoms with Gasteiger partial charge >= 0.3 is 11.7 Å². The van der Waals surface area contributed by atoms with Gasteiger partial charge in [0.2, 0.25) is 5.91 Å². The first-order valence-corrected chi connectivity index (χ1v) is 14.8. The Labute approximate surface area is 242 Å². The van der Waals surface area contributed by atoms with Crippen molar-refractivity contribution in [1.82, 2.24) is 9.13 Å². The second kappa shape index (κ2) is 12.2. The van der Waals surface area contributed by atoms with Gasteiger partial charge in [0.1, 0.15) is 21.0 Å². The van der Waals surface area contributed by atoms with Crippen molar-refractivity contribution in [3.05, 3.63) is 61.1 Å². The number of methoxy groups -OCH3 is 1. The van der Waals surface area contributed by atoms with E-state index in [1.165, 1.54) is 18.4 Å². The molecular weight excluding hydrogens is 546 g/mol. The molecule has 10 nitrogen and oxygen atoms in total. The fraction of sp³-hybridized carbons (Fsp3) is 0.533. The molecule has 1 saturated carbocycles. The van der Waals surface area contributed by atoms with E-state index in [-0.39, 0.29) is 35.4 Å². The summed E-state index contributed by atoms with van der Waals surface area (Å²) in [5.41, 5.74) is 4.00. The molecule has 1 aromatic carbocycles. The molecule has 0 aliphatic heterocycles. The van der Waals surface area contributed by atoms with E-state index in [0.717, 1.165) is 47.2 Å². The van der Waals surface area contributed by atoms with Crippen molar-refractivity contribution in [3.63, 3.8) is 0 Å². The van der Waals surface area contributed by atoms with E-state index < -0.39 is 28.7 Å². The third kappa shape index (κ3) is 5.83. The highest BCUT2D eigenvalue weighted by molar-refractivity contribution is 7.20. The molecule has 4 rings (SSSR count). The van der Waals surface area contributed by atoms with Crippen molar-refractivity contribution < 1.29 is 24.2 Å². The predicted octanol–water partition coefficient (Wildman–Crippen LogP) is 3.66. The van der Waals surface area contributed by atoms with E-state index in [1.54, 1.807) is 21.0 Å². The molecule has 3 aromatic rings. The second-order valence-electron chi connectivity index (χ2n) is 11.3. The van der Waals surface area contributed by atoms with Gasteiger partial charge in [0.05, 0.1) is 25.2 Å². The number of aromatic nitrogens is 2. The number of esters is 1. The van der Waals surface area contributed by atoms with Crippen molar-refractivity contribution in [2.45, 2.75) is 83.9 Å². The fourth-order valence-corrected chi connectivity index (χ4v) is 7.00. The van der Waals surface area contributed by atoms with Crippen LogP contribution in [-0.2, 0) is 21.6 Å². The van der Waals surface area contributed by atoms with Crippen LogP contribution in [0.1, 0.15) is 79.6 Å². The van der Waals surface area contributed by atoms with Crippen LogP contribution < -0.4 is 21.7 Å². The number of ether oxygens (including phenoxy) is 2. The molecule has 3 N–H and O–H groups in total. The largest absolute Gasteiger partial charge is 0.496 e. The number of nitrogens with zero attached hydrogens (tertiary/aromatic N) is 2. The average Bonchev–Trinajstić information content (AvgIpc) is 3.28. The smallest absolute Gasteiger partial charge is 0.348 e. The molecule has 0 unspecified atom stereocenters. The third-order valence-electron chi connectivity index (χ3n) is 8.25. The number of carbonyl (C=O) groups excluding carboxylic acids is 2. The normalized spacial score (nSPS) is 18.3. The number of hydrogen-bond acceptors (Lipinski definition) is 8. The summed E-state index contributed by atoms with van der Waals surface area (Å²) in [4.78, 5) is 53.9. The highest BCUT2D eigenvalue weighted by Crippen LogP contribution is 2.38. The fourth-order valence-electron chi connectivity index (χ4n) is 5.81. The van der Waals surface area contributed by atoms with E-state index in [2.05, 4.69) is 0 Å². The van der Waals surface area contributed by atoms with Crippen molar-refractivity contribution >= 4 is 33.4 Å². The van der Waals surface area contributed by atoms with Gasteiger partial charge in [0.25, 0.3) is 5.56 Å². The van der Waals surface area contributed by atoms with E-state index in [4.69, 9.17) is 15.2 Å². The van der Waals surface area contributed by atoms with Crippen LogP contribution in [0.2, 0.25) is 0 Å². The van der Waals surface area contributed by atoms with Gasteiger partial charge in [0.15, 0.2) is 0 Å². The van der Waals surface area contributed by atoms with Crippen LogP contribution >= 0.6 is 11.3 Å². The van der Waals surface area contributed by atoms with Gasteiger partial charge in [-0.05, 0) is 82.9 Å². The molecule has 2 aromatic heterocycles. The van der Waals surface area contributed by atoms with Crippen LogP contribution in [0.15, 0.2) is 33.9 Å². The molecule has 1 aliphatic carbocycles. The number of carbonyl (C=O) groups is 2. The molecule has 1 atom stereocenters. The number of hydrogen-bond donors (Lipinski definition) is 2. The average molecular weight is 586 g/mol. The number of nitrogens with two attached hydrogens (primary N) is 1. The summed E-state index contributed by atoms with van der Waals surface area (Å²) in [6, 6.07) is 7.64. The number of para-hydroxylation sites is 1. The van der Waals surface area contributed by atoms with Gasteiger partial charge in [0, 0.05) is 12.5 Å². The van der Waals surface area contributed by atoms with Crippen LogP contribution in [0.3, 0.4) is 0 Å². The second-order valence-corrected chi connectivity index (χ2v) is 12.3. The Kier molecular flexibility index (Phi) is 9.08. The summed E-state index contributed by atoms with van der Waals surface area (Å²) in [6.45, 7) is 6.55. The molecule has 1 aliphatic rings. The minimum Gasteiger partial charge on any atom is -0.496 e. The Bertz CT molecular complexity index is 1560. The summed E-state index contributed by atoms with van der Waals surface area (Å²) in [5, 5.41) is 10.3. The number of benzene rings is 1. The lowest BCUT2D eigenvalue weighted by molar-refractivity contribution is -0.125. The lowest BCUT2D eigenvalue weighted by Crippen LogP contribution is -2.54. The van der Waals surface area contributed by atoms with Crippen LogP contribution in [-0.4, -0.2) is 45.9 Å². The zero-order valence-electron chi connectivity index (χ0n) is 24.3. The Balaban J connectivity index is 1.97. The molecule has 0 saturated heterocycles. The zero-order valence-corrected chi connectivity index (χ0v) is 25.1. The number of thiophene rings is 1. The monoisotopic (exact) mass is 585 g/mol. The van der Waals surface area contributed by atoms with Crippen molar-refractivity contribution in [2.24, 2.45) is 11.7 Å². The number of aliphatic hydroxyl groups is 1. The quantitative estimate of drug-likeness (QED) is 0.346. The molecule has 0 radical (unpaired) electrons.